The van der Waals surface area contributed by atoms with Gasteiger partial charge in [-0.25, -0.2) is 0 Å². The lowest BCUT2D eigenvalue weighted by Gasteiger charge is -2.24. The quantitative estimate of drug-likeness (QED) is 0.372. The normalized spacial score (nSPS) is 16.9. The van der Waals surface area contributed by atoms with Crippen LogP contribution in [0.4, 0.5) is 0 Å². The van der Waals surface area contributed by atoms with E-state index in [1.54, 1.807) is 0 Å². The summed E-state index contributed by atoms with van der Waals surface area (Å²) in [5, 5.41) is 7.16. The van der Waals surface area contributed by atoms with E-state index in [0.717, 1.165) is 44.6 Å². The molecule has 0 bridgehead atoms. The summed E-state index contributed by atoms with van der Waals surface area (Å²) in [4.78, 5) is 4.86. The number of hydrogen-bond donors (Lipinski definition) is 2. The fourth-order valence-electron chi connectivity index (χ4n) is 4.13. The Balaban J connectivity index is 1.27. The van der Waals surface area contributed by atoms with E-state index in [-0.39, 0.29) is 0 Å². The molecule has 29 heavy (non-hydrogen) atoms. The van der Waals surface area contributed by atoms with Gasteiger partial charge in [0.2, 0.25) is 0 Å². The van der Waals surface area contributed by atoms with Crippen LogP contribution in [0.25, 0.3) is 16.5 Å². The Labute approximate surface area is 178 Å². The lowest BCUT2D eigenvalue weighted by molar-refractivity contribution is 0.310. The number of nitrogens with one attached hydrogen (secondary N) is 2. The number of H-pyrrole nitrogens is 1. The number of fused-ring (bicyclic) bond motifs is 1. The molecule has 0 radical (unpaired) electrons. The molecule has 4 rings (SSSR count). The van der Waals surface area contributed by atoms with Crippen molar-refractivity contribution in [2.75, 3.05) is 13.2 Å². The monoisotopic (exact) mass is 408 g/mol. The van der Waals surface area contributed by atoms with Crippen LogP contribution in [-0.2, 0) is 6.42 Å². The lowest BCUT2D eigenvalue weighted by atomic mass is 9.95. The van der Waals surface area contributed by atoms with Crippen molar-refractivity contribution in [2.24, 2.45) is 0 Å². The smallest absolute Gasteiger partial charge is 0.120 e. The van der Waals surface area contributed by atoms with Gasteiger partial charge in [-0.1, -0.05) is 31.9 Å². The largest absolute Gasteiger partial charge is 0.494 e. The van der Waals surface area contributed by atoms with Crippen molar-refractivity contribution in [3.8, 4) is 5.75 Å². The third-order valence-electron chi connectivity index (χ3n) is 5.81. The number of aromatic amines is 1. The molecule has 4 heteroatoms. The van der Waals surface area contributed by atoms with E-state index in [1.807, 2.05) is 11.3 Å². The van der Waals surface area contributed by atoms with Crippen molar-refractivity contribution in [3.05, 3.63) is 58.4 Å². The van der Waals surface area contributed by atoms with Crippen molar-refractivity contribution in [3.63, 3.8) is 0 Å². The van der Waals surface area contributed by atoms with Crippen LogP contribution >= 0.6 is 11.3 Å². The number of hydrogen-bond acceptors (Lipinski definition) is 3. The summed E-state index contributed by atoms with van der Waals surface area (Å²) in [7, 11) is 0. The van der Waals surface area contributed by atoms with E-state index in [0.29, 0.717) is 6.04 Å². The molecular weight excluding hydrogens is 376 g/mol. The number of rotatable bonds is 10. The predicted molar refractivity (Wildman–Crippen MR) is 125 cm³/mol. The van der Waals surface area contributed by atoms with Gasteiger partial charge >= 0.3 is 0 Å². The molecule has 0 saturated carbocycles. The first-order valence-corrected chi connectivity index (χ1v) is 11.9. The number of benzene rings is 1. The summed E-state index contributed by atoms with van der Waals surface area (Å²) in [6.07, 6.45) is 12.8. The van der Waals surface area contributed by atoms with Gasteiger partial charge in [-0.2, -0.15) is 0 Å². The minimum absolute atomic E-state index is 0.610. The van der Waals surface area contributed by atoms with Crippen molar-refractivity contribution in [1.29, 1.82) is 0 Å². The molecule has 2 N–H and O–H groups in total. The molecule has 1 aromatic carbocycles. The zero-order valence-corrected chi connectivity index (χ0v) is 18.2. The summed E-state index contributed by atoms with van der Waals surface area (Å²) >= 11 is 1.86. The Morgan fingerprint density at radius 2 is 2.14 bits per heavy atom. The van der Waals surface area contributed by atoms with Gasteiger partial charge in [-0.05, 0) is 72.9 Å². The maximum atomic E-state index is 5.90. The summed E-state index contributed by atoms with van der Waals surface area (Å²) in [5.74, 6) is 0.992. The van der Waals surface area contributed by atoms with E-state index in [1.165, 1.54) is 46.2 Å². The van der Waals surface area contributed by atoms with Gasteiger partial charge in [0.15, 0.2) is 0 Å². The molecule has 1 aliphatic rings. The maximum Gasteiger partial charge on any atom is 0.120 e. The highest BCUT2D eigenvalue weighted by molar-refractivity contribution is 7.11. The average Bonchev–Trinajstić information content (AvgIpc) is 3.42. The fraction of sp³-hybridized carbons (Fsp3) is 0.440. The second kappa shape index (κ2) is 10.1. The lowest BCUT2D eigenvalue weighted by Crippen LogP contribution is -2.32. The fourth-order valence-corrected chi connectivity index (χ4v) is 4.91. The molecule has 0 aliphatic carbocycles. The Hall–Kier alpha value is -2.04. The topological polar surface area (TPSA) is 37.0 Å². The van der Waals surface area contributed by atoms with Crippen molar-refractivity contribution >= 4 is 27.8 Å². The molecule has 1 aliphatic heterocycles. The minimum Gasteiger partial charge on any atom is -0.494 e. The number of aryl methyl sites for hydroxylation is 1. The number of unbranched alkanes of at least 4 members (excludes halogenated alkanes) is 2. The van der Waals surface area contributed by atoms with Gasteiger partial charge in [-0.15, -0.1) is 11.3 Å². The Kier molecular flexibility index (Phi) is 7.07. The Morgan fingerprint density at radius 1 is 1.17 bits per heavy atom. The highest BCUT2D eigenvalue weighted by atomic mass is 32.1. The standard InChI is InChI=1S/C25H32N2OS/c1-2-3-14-28-22-10-11-24-23(17-22)20(18-27-24)7-4-5-8-21-16-19(12-13-26-21)25-9-6-15-29-25/h6,9-12,15,17-18,21,26-27H,2-5,7-8,13-14,16H2,1H3. The summed E-state index contributed by atoms with van der Waals surface area (Å²) in [5.41, 5.74) is 4.15. The average molecular weight is 409 g/mol. The van der Waals surface area contributed by atoms with Crippen LogP contribution in [0.15, 0.2) is 48.0 Å². The minimum atomic E-state index is 0.610. The first-order valence-electron chi connectivity index (χ1n) is 11.0. The SMILES string of the molecule is CCCCOc1ccc2[nH]cc(CCCCC3CC(c4cccs4)=CCN3)c2c1. The van der Waals surface area contributed by atoms with Crippen LogP contribution in [0.1, 0.15) is 55.9 Å². The zero-order chi connectivity index (χ0) is 19.9. The van der Waals surface area contributed by atoms with Gasteiger partial charge in [-0.3, -0.25) is 0 Å². The molecule has 3 heterocycles. The molecule has 0 amide bonds. The van der Waals surface area contributed by atoms with Gasteiger partial charge in [0, 0.05) is 34.6 Å². The van der Waals surface area contributed by atoms with E-state index < -0.39 is 0 Å². The molecule has 3 aromatic rings. The predicted octanol–water partition coefficient (Wildman–Crippen LogP) is 6.57. The second-order valence-electron chi connectivity index (χ2n) is 7.99. The van der Waals surface area contributed by atoms with Gasteiger partial charge in [0.25, 0.3) is 0 Å². The van der Waals surface area contributed by atoms with Crippen LogP contribution in [0, 0.1) is 0 Å². The maximum absolute atomic E-state index is 5.90. The zero-order valence-electron chi connectivity index (χ0n) is 17.4. The van der Waals surface area contributed by atoms with Gasteiger partial charge in [0.05, 0.1) is 6.61 Å². The third kappa shape index (κ3) is 5.31. The summed E-state index contributed by atoms with van der Waals surface area (Å²) in [6, 6.07) is 11.4. The third-order valence-corrected chi connectivity index (χ3v) is 6.76. The van der Waals surface area contributed by atoms with E-state index in [2.05, 4.69) is 65.2 Å². The Bertz CT molecular complexity index is 926. The van der Waals surface area contributed by atoms with Crippen LogP contribution in [-0.4, -0.2) is 24.2 Å². The van der Waals surface area contributed by atoms with Gasteiger partial charge in [0.1, 0.15) is 5.75 Å². The highest BCUT2D eigenvalue weighted by Crippen LogP contribution is 2.28. The molecule has 0 saturated heterocycles. The van der Waals surface area contributed by atoms with Crippen LogP contribution in [0.3, 0.4) is 0 Å². The van der Waals surface area contributed by atoms with E-state index in [4.69, 9.17) is 4.74 Å². The van der Waals surface area contributed by atoms with Crippen LogP contribution in [0.5, 0.6) is 5.75 Å². The molecule has 2 aromatic heterocycles. The Morgan fingerprint density at radius 3 is 3.00 bits per heavy atom. The van der Waals surface area contributed by atoms with Crippen molar-refractivity contribution in [2.45, 2.75) is 57.9 Å². The molecule has 0 spiro atoms. The van der Waals surface area contributed by atoms with E-state index >= 15 is 0 Å². The summed E-state index contributed by atoms with van der Waals surface area (Å²) in [6.45, 7) is 4.00. The van der Waals surface area contributed by atoms with Crippen molar-refractivity contribution in [1.82, 2.24) is 10.3 Å². The van der Waals surface area contributed by atoms with Gasteiger partial charge < -0.3 is 15.0 Å². The molecule has 0 fully saturated rings. The van der Waals surface area contributed by atoms with Crippen LogP contribution in [0.2, 0.25) is 0 Å². The molecule has 154 valence electrons. The second-order valence-corrected chi connectivity index (χ2v) is 8.93. The highest BCUT2D eigenvalue weighted by Gasteiger charge is 2.16. The van der Waals surface area contributed by atoms with Crippen LogP contribution < -0.4 is 10.1 Å². The van der Waals surface area contributed by atoms with E-state index in [9.17, 15) is 0 Å². The number of thiophene rings is 1. The molecule has 1 atom stereocenters. The van der Waals surface area contributed by atoms with Crippen molar-refractivity contribution < 1.29 is 4.74 Å². The number of ether oxygens (including phenoxy) is 1. The molecule has 3 nitrogen and oxygen atoms in total. The first kappa shape index (κ1) is 20.2. The molecule has 1 unspecified atom stereocenters. The number of aromatic nitrogens is 1. The summed E-state index contributed by atoms with van der Waals surface area (Å²) < 4.78 is 5.90. The first-order chi connectivity index (χ1) is 14.3. The molecular formula is C25H32N2OS.